The molecule has 4 nitrogen and oxygen atoms in total. The molecular weight excluding hydrogens is 190 g/mol. The monoisotopic (exact) mass is 203 g/mol. The van der Waals surface area contributed by atoms with Gasteiger partial charge < -0.3 is 11.1 Å². The summed E-state index contributed by atoms with van der Waals surface area (Å²) in [5, 5.41) is 2.66. The van der Waals surface area contributed by atoms with E-state index >= 15 is 0 Å². The number of carbonyl (C=O) groups is 1. The van der Waals surface area contributed by atoms with Crippen LogP contribution < -0.4 is 11.1 Å². The second-order valence-electron chi connectivity index (χ2n) is 3.00. The molecule has 0 unspecified atom stereocenters. The van der Waals surface area contributed by atoms with Crippen molar-refractivity contribution in [2.24, 2.45) is 0 Å². The Hall–Kier alpha value is -2.02. The van der Waals surface area contributed by atoms with E-state index in [1.54, 1.807) is 18.3 Å². The van der Waals surface area contributed by atoms with Crippen LogP contribution in [0.5, 0.6) is 0 Å². The van der Waals surface area contributed by atoms with Crippen LogP contribution in [0.4, 0.5) is 5.82 Å². The zero-order valence-corrected chi connectivity index (χ0v) is 8.58. The van der Waals surface area contributed by atoms with Crippen LogP contribution in [0.1, 0.15) is 18.9 Å². The standard InChI is InChI=1S/C11H13N3O/c1-9(15)13-6-3-2-4-10-5-7-14-11(12)8-10/h5,7-8H,3,6H2,1H3,(H2,12,14)(H,13,15). The summed E-state index contributed by atoms with van der Waals surface area (Å²) >= 11 is 0. The smallest absolute Gasteiger partial charge is 0.216 e. The molecular formula is C11H13N3O. The Morgan fingerprint density at radius 2 is 2.47 bits per heavy atom. The minimum atomic E-state index is -0.0371. The number of anilines is 1. The van der Waals surface area contributed by atoms with E-state index in [4.69, 9.17) is 5.73 Å². The first-order valence-electron chi connectivity index (χ1n) is 4.63. The van der Waals surface area contributed by atoms with E-state index in [-0.39, 0.29) is 5.91 Å². The van der Waals surface area contributed by atoms with Gasteiger partial charge in [0.05, 0.1) is 0 Å². The number of nitrogens with two attached hydrogens (primary N) is 1. The maximum atomic E-state index is 10.5. The fourth-order valence-electron chi connectivity index (χ4n) is 0.992. The fourth-order valence-corrected chi connectivity index (χ4v) is 0.992. The topological polar surface area (TPSA) is 68.0 Å². The Morgan fingerprint density at radius 3 is 3.13 bits per heavy atom. The van der Waals surface area contributed by atoms with E-state index in [1.807, 2.05) is 0 Å². The molecule has 0 aliphatic carbocycles. The van der Waals surface area contributed by atoms with Crippen LogP contribution in [-0.2, 0) is 4.79 Å². The molecule has 1 aromatic heterocycles. The summed E-state index contributed by atoms with van der Waals surface area (Å²) in [6, 6.07) is 3.51. The molecule has 1 amide bonds. The first kappa shape index (κ1) is 11.1. The van der Waals surface area contributed by atoms with Crippen molar-refractivity contribution in [3.05, 3.63) is 23.9 Å². The van der Waals surface area contributed by atoms with Gasteiger partial charge in [0.2, 0.25) is 5.91 Å². The molecule has 4 heteroatoms. The van der Waals surface area contributed by atoms with Crippen molar-refractivity contribution in [2.45, 2.75) is 13.3 Å². The molecule has 0 aliphatic rings. The first-order valence-corrected chi connectivity index (χ1v) is 4.63. The number of nitrogens with zero attached hydrogens (tertiary/aromatic N) is 1. The largest absolute Gasteiger partial charge is 0.384 e. The summed E-state index contributed by atoms with van der Waals surface area (Å²) in [6.07, 6.45) is 2.25. The Labute approximate surface area is 88.9 Å². The molecule has 1 aromatic rings. The highest BCUT2D eigenvalue weighted by Crippen LogP contribution is 2.00. The van der Waals surface area contributed by atoms with E-state index in [2.05, 4.69) is 22.1 Å². The number of pyridine rings is 1. The molecule has 0 aliphatic heterocycles. The van der Waals surface area contributed by atoms with Crippen molar-refractivity contribution in [1.29, 1.82) is 0 Å². The van der Waals surface area contributed by atoms with Crippen molar-refractivity contribution in [2.75, 3.05) is 12.3 Å². The number of carbonyl (C=O) groups excluding carboxylic acids is 1. The van der Waals surface area contributed by atoms with Crippen LogP contribution in [0.15, 0.2) is 18.3 Å². The molecule has 0 spiro atoms. The van der Waals surface area contributed by atoms with Gasteiger partial charge in [-0.05, 0) is 12.1 Å². The molecule has 0 saturated carbocycles. The van der Waals surface area contributed by atoms with E-state index in [0.717, 1.165) is 5.56 Å². The molecule has 78 valence electrons. The van der Waals surface area contributed by atoms with Crippen LogP contribution in [0.2, 0.25) is 0 Å². The average Bonchev–Trinajstić information content (AvgIpc) is 2.17. The van der Waals surface area contributed by atoms with E-state index < -0.39 is 0 Å². The number of hydrogen-bond acceptors (Lipinski definition) is 3. The normalized spacial score (nSPS) is 8.87. The zero-order chi connectivity index (χ0) is 11.1. The first-order chi connectivity index (χ1) is 7.18. The minimum Gasteiger partial charge on any atom is -0.384 e. The van der Waals surface area contributed by atoms with Crippen LogP contribution >= 0.6 is 0 Å². The molecule has 0 saturated heterocycles. The Balaban J connectivity index is 2.41. The van der Waals surface area contributed by atoms with Crippen molar-refractivity contribution in [3.63, 3.8) is 0 Å². The molecule has 3 N–H and O–H groups in total. The molecule has 0 atom stereocenters. The lowest BCUT2D eigenvalue weighted by atomic mass is 10.2. The van der Waals surface area contributed by atoms with Gasteiger partial charge in [0.1, 0.15) is 5.82 Å². The third-order valence-electron chi connectivity index (χ3n) is 1.64. The average molecular weight is 203 g/mol. The van der Waals surface area contributed by atoms with Crippen LogP contribution in [-0.4, -0.2) is 17.4 Å². The second kappa shape index (κ2) is 5.66. The third kappa shape index (κ3) is 4.67. The van der Waals surface area contributed by atoms with Gasteiger partial charge in [-0.3, -0.25) is 4.79 Å². The number of nitrogen functional groups attached to an aromatic ring is 1. The lowest BCUT2D eigenvalue weighted by Crippen LogP contribution is -2.20. The molecule has 0 fully saturated rings. The summed E-state index contributed by atoms with van der Waals surface area (Å²) in [6.45, 7) is 2.06. The van der Waals surface area contributed by atoms with E-state index in [9.17, 15) is 4.79 Å². The minimum absolute atomic E-state index is 0.0371. The maximum Gasteiger partial charge on any atom is 0.216 e. The highest BCUT2D eigenvalue weighted by Gasteiger charge is 1.89. The molecule has 0 aromatic carbocycles. The molecule has 1 rings (SSSR count). The fraction of sp³-hybridized carbons (Fsp3) is 0.273. The van der Waals surface area contributed by atoms with Crippen LogP contribution in [0.25, 0.3) is 0 Å². The van der Waals surface area contributed by atoms with Gasteiger partial charge in [0, 0.05) is 31.6 Å². The van der Waals surface area contributed by atoms with Crippen molar-refractivity contribution >= 4 is 11.7 Å². The van der Waals surface area contributed by atoms with Gasteiger partial charge in [-0.15, -0.1) is 0 Å². The number of hydrogen-bond donors (Lipinski definition) is 2. The van der Waals surface area contributed by atoms with Crippen molar-refractivity contribution in [1.82, 2.24) is 10.3 Å². The Bertz CT molecular complexity index is 404. The SMILES string of the molecule is CC(=O)NCCC#Cc1ccnc(N)c1. The zero-order valence-electron chi connectivity index (χ0n) is 8.58. The molecule has 1 heterocycles. The predicted octanol–water partition coefficient (Wildman–Crippen LogP) is 0.541. The lowest BCUT2D eigenvalue weighted by molar-refractivity contribution is -0.118. The summed E-state index contributed by atoms with van der Waals surface area (Å²) in [5.74, 6) is 6.30. The lowest BCUT2D eigenvalue weighted by Gasteiger charge is -1.95. The summed E-state index contributed by atoms with van der Waals surface area (Å²) in [5.41, 5.74) is 6.33. The number of aromatic nitrogens is 1. The van der Waals surface area contributed by atoms with Crippen LogP contribution in [0, 0.1) is 11.8 Å². The van der Waals surface area contributed by atoms with Gasteiger partial charge in [-0.2, -0.15) is 0 Å². The highest BCUT2D eigenvalue weighted by molar-refractivity contribution is 5.72. The van der Waals surface area contributed by atoms with Gasteiger partial charge >= 0.3 is 0 Å². The number of amides is 1. The van der Waals surface area contributed by atoms with E-state index in [1.165, 1.54) is 6.92 Å². The molecule has 0 bridgehead atoms. The summed E-state index contributed by atoms with van der Waals surface area (Å²) in [4.78, 5) is 14.4. The van der Waals surface area contributed by atoms with Crippen molar-refractivity contribution in [3.8, 4) is 11.8 Å². The summed E-state index contributed by atoms with van der Waals surface area (Å²) in [7, 11) is 0. The quantitative estimate of drug-likeness (QED) is 0.544. The molecule has 15 heavy (non-hydrogen) atoms. The van der Waals surface area contributed by atoms with Gasteiger partial charge in [0.15, 0.2) is 0 Å². The van der Waals surface area contributed by atoms with Gasteiger partial charge in [-0.25, -0.2) is 4.98 Å². The third-order valence-corrected chi connectivity index (χ3v) is 1.64. The Morgan fingerprint density at radius 1 is 1.67 bits per heavy atom. The second-order valence-corrected chi connectivity index (χ2v) is 3.00. The summed E-state index contributed by atoms with van der Waals surface area (Å²) < 4.78 is 0. The number of rotatable bonds is 2. The Kier molecular flexibility index (Phi) is 4.17. The number of nitrogens with one attached hydrogen (secondary N) is 1. The molecule has 0 radical (unpaired) electrons. The maximum absolute atomic E-state index is 10.5. The van der Waals surface area contributed by atoms with Crippen LogP contribution in [0.3, 0.4) is 0 Å². The highest BCUT2D eigenvalue weighted by atomic mass is 16.1. The van der Waals surface area contributed by atoms with Gasteiger partial charge in [0.25, 0.3) is 0 Å². The van der Waals surface area contributed by atoms with Gasteiger partial charge in [-0.1, -0.05) is 11.8 Å². The predicted molar refractivity (Wildman–Crippen MR) is 58.8 cm³/mol. The van der Waals surface area contributed by atoms with Crippen molar-refractivity contribution < 1.29 is 4.79 Å². The van der Waals surface area contributed by atoms with E-state index in [0.29, 0.717) is 18.8 Å².